The Morgan fingerprint density at radius 1 is 0.746 bits per heavy atom. The van der Waals surface area contributed by atoms with Crippen LogP contribution in [0, 0.1) is 0 Å². The molecule has 0 aliphatic heterocycles. The molecule has 27 heteroatoms. The lowest BCUT2D eigenvalue weighted by atomic mass is 9.60. The second-order valence-corrected chi connectivity index (χ2v) is 17.3. The number of hydrogen-bond donors (Lipinski definition) is 11. The summed E-state index contributed by atoms with van der Waals surface area (Å²) in [6.07, 6.45) is 2.18. The number of halogens is 1. The van der Waals surface area contributed by atoms with Crippen LogP contribution < -0.4 is 36.8 Å². The molecular weight excluding hydrogens is 917 g/mol. The van der Waals surface area contributed by atoms with Crippen molar-refractivity contribution in [2.75, 3.05) is 57.1 Å². The minimum atomic E-state index is -1.27. The summed E-state index contributed by atoms with van der Waals surface area (Å²) in [7, 11) is 1.98. The summed E-state index contributed by atoms with van der Waals surface area (Å²) < 4.78 is 13.3. The van der Waals surface area contributed by atoms with Crippen molar-refractivity contribution in [1.29, 1.82) is 0 Å². The van der Waals surface area contributed by atoms with E-state index in [-0.39, 0.29) is 106 Å². The zero-order chi connectivity index (χ0) is 47.3. The summed E-state index contributed by atoms with van der Waals surface area (Å²) >= 11 is 4.19. The number of tetrazole rings is 1. The van der Waals surface area contributed by atoms with Gasteiger partial charge in [-0.3, -0.25) is 34.2 Å². The van der Waals surface area contributed by atoms with Crippen LogP contribution in [-0.4, -0.2) is 167 Å². The van der Waals surface area contributed by atoms with Crippen LogP contribution >= 0.6 is 27.9 Å². The maximum absolute atomic E-state index is 12.6. The molecule has 356 valence electrons. The fourth-order valence-electron chi connectivity index (χ4n) is 6.14. The van der Waals surface area contributed by atoms with E-state index in [4.69, 9.17) is 9.47 Å². The van der Waals surface area contributed by atoms with Gasteiger partial charge in [-0.1, -0.05) is 54.0 Å². The molecule has 1 aromatic heterocycles. The molecule has 1 heterocycles. The van der Waals surface area contributed by atoms with Gasteiger partial charge in [0, 0.05) is 50.1 Å². The number of hydrogen-bond acceptors (Lipinski definition) is 16. The molecule has 0 aliphatic carbocycles. The molecule has 0 radical (unpaired) electrons. The van der Waals surface area contributed by atoms with Crippen LogP contribution in [-0.2, 0) is 53.2 Å². The first-order valence-electron chi connectivity index (χ1n) is 20.4. The van der Waals surface area contributed by atoms with Gasteiger partial charge in [0.2, 0.25) is 29.5 Å². The molecule has 0 aliphatic rings. The lowest BCUT2D eigenvalue weighted by molar-refractivity contribution is -0.143. The molecule has 24 nitrogen and oxygen atoms in total. The van der Waals surface area contributed by atoms with E-state index < -0.39 is 53.8 Å². The number of aliphatic carboxylic acids is 3. The summed E-state index contributed by atoms with van der Waals surface area (Å²) in [5, 5.41) is 52.4. The lowest BCUT2D eigenvalue weighted by Gasteiger charge is -2.32. The molecule has 63 heavy (non-hydrogen) atoms. The van der Waals surface area contributed by atoms with Crippen molar-refractivity contribution < 1.29 is 63.1 Å². The molecule has 5 amide bonds. The first-order chi connectivity index (χ1) is 29.8. The molecule has 0 spiro atoms. The number of carbonyl (C=O) groups is 8. The Morgan fingerprint density at radius 2 is 1.40 bits per heavy atom. The van der Waals surface area contributed by atoms with E-state index in [9.17, 15) is 53.7 Å². The van der Waals surface area contributed by atoms with Crippen LogP contribution in [0.3, 0.4) is 0 Å². The SMILES string of the molecule is BC(C)(CC(=O)NSCCCC(=O)NC(CCNNC(CCC(=O)NCCOCCOCC(=O)NC(CCCCNC(=O)CBr)C(=O)O)C(=O)O)C(=O)O)CC(C)(C)c1nnn[nH]1. The third kappa shape index (κ3) is 27.4. The van der Waals surface area contributed by atoms with Gasteiger partial charge in [0.25, 0.3) is 0 Å². The predicted octanol–water partition coefficient (Wildman–Crippen LogP) is -1.70. The molecule has 1 rings (SSSR count). The molecular formula is C36H63BBrN11O13S. The molecule has 0 fully saturated rings. The Balaban J connectivity index is 2.21. The van der Waals surface area contributed by atoms with Gasteiger partial charge < -0.3 is 50.8 Å². The van der Waals surface area contributed by atoms with E-state index >= 15 is 0 Å². The van der Waals surface area contributed by atoms with E-state index in [2.05, 4.69) is 73.4 Å². The summed E-state index contributed by atoms with van der Waals surface area (Å²) in [4.78, 5) is 95.5. The van der Waals surface area contributed by atoms with Crippen molar-refractivity contribution >= 4 is 83.2 Å². The largest absolute Gasteiger partial charge is 0.480 e. The van der Waals surface area contributed by atoms with Crippen LogP contribution in [0.5, 0.6) is 0 Å². The number of rotatable bonds is 37. The molecule has 4 unspecified atom stereocenters. The fourth-order valence-corrected chi connectivity index (χ4v) is 6.96. The topological polar surface area (TPSA) is 354 Å². The summed E-state index contributed by atoms with van der Waals surface area (Å²) in [6, 6.07) is -3.53. The Kier molecular flexibility index (Phi) is 28.2. The van der Waals surface area contributed by atoms with Crippen molar-refractivity contribution in [2.45, 2.75) is 114 Å². The molecule has 0 bridgehead atoms. The van der Waals surface area contributed by atoms with Gasteiger partial charge in [0.15, 0.2) is 5.82 Å². The number of unbranched alkanes of at least 4 members (excludes halogenated alkanes) is 1. The van der Waals surface area contributed by atoms with Gasteiger partial charge in [-0.2, -0.15) is 0 Å². The molecule has 1 aromatic rings. The average Bonchev–Trinajstić information content (AvgIpc) is 3.76. The first-order valence-corrected chi connectivity index (χ1v) is 22.5. The van der Waals surface area contributed by atoms with Gasteiger partial charge in [-0.15, -0.1) is 5.10 Å². The van der Waals surface area contributed by atoms with Crippen molar-refractivity contribution in [3.8, 4) is 0 Å². The maximum Gasteiger partial charge on any atom is 0.326 e. The van der Waals surface area contributed by atoms with E-state index in [1.807, 2.05) is 28.6 Å². The fraction of sp³-hybridized carbons (Fsp3) is 0.750. The van der Waals surface area contributed by atoms with Crippen LogP contribution in [0.25, 0.3) is 0 Å². The second kappa shape index (κ2) is 31.4. The molecule has 0 aromatic carbocycles. The van der Waals surface area contributed by atoms with E-state index in [0.717, 1.165) is 11.9 Å². The first kappa shape index (κ1) is 56.6. The monoisotopic (exact) mass is 979 g/mol. The normalized spacial score (nSPS) is 13.7. The van der Waals surface area contributed by atoms with Gasteiger partial charge in [-0.25, -0.2) is 20.1 Å². The second-order valence-electron chi connectivity index (χ2n) is 15.8. The molecule has 11 N–H and O–H groups in total. The standard InChI is InChI=1S/C36H63BBrN11O13S/c1-35(2,34-45-48-49-46-34)22-36(3,37)19-28(52)47-63-18-6-8-27(51)42-24(32(57)58)11-13-41-44-25(33(59)60)9-10-26(50)40-14-15-61-16-17-62-21-30(54)43-23(31(55)56)7-4-5-12-39-29(53)20-38/h23-25,41,44H,4-22,37H2,1-3H3,(H,39,53)(H,40,50)(H,42,51)(H,43,54)(H,47,52)(H,55,56)(H,57,58)(H,59,60)(H,45,46,48,49). The Labute approximate surface area is 379 Å². The van der Waals surface area contributed by atoms with Crippen LogP contribution in [0.4, 0.5) is 0 Å². The lowest BCUT2D eigenvalue weighted by Crippen LogP contribution is -2.48. The van der Waals surface area contributed by atoms with Crippen molar-refractivity contribution in [3.63, 3.8) is 0 Å². The summed E-state index contributed by atoms with van der Waals surface area (Å²) in [5.74, 6) is -4.54. The van der Waals surface area contributed by atoms with E-state index in [1.165, 1.54) is 0 Å². The number of alkyl halides is 1. The smallest absolute Gasteiger partial charge is 0.326 e. The highest BCUT2D eigenvalue weighted by atomic mass is 79.9. The van der Waals surface area contributed by atoms with E-state index in [0.29, 0.717) is 43.8 Å². The van der Waals surface area contributed by atoms with E-state index in [1.54, 1.807) is 0 Å². The van der Waals surface area contributed by atoms with Crippen LogP contribution in [0.1, 0.15) is 90.8 Å². The zero-order valence-corrected chi connectivity index (χ0v) is 38.6. The number of carboxylic acid groups (broad SMARTS) is 3. The highest BCUT2D eigenvalue weighted by Crippen LogP contribution is 2.40. The molecule has 0 saturated heterocycles. The minimum absolute atomic E-state index is 0.0203. The number of nitrogens with one attached hydrogen (secondary N) is 8. The highest BCUT2D eigenvalue weighted by molar-refractivity contribution is 9.09. The van der Waals surface area contributed by atoms with Crippen LogP contribution in [0.15, 0.2) is 0 Å². The minimum Gasteiger partial charge on any atom is -0.480 e. The van der Waals surface area contributed by atoms with Crippen molar-refractivity contribution in [3.05, 3.63) is 5.82 Å². The Morgan fingerprint density at radius 3 is 2.05 bits per heavy atom. The number of amides is 5. The predicted molar refractivity (Wildman–Crippen MR) is 234 cm³/mol. The summed E-state index contributed by atoms with van der Waals surface area (Å²) in [6.45, 7) is 6.27. The van der Waals surface area contributed by atoms with Gasteiger partial charge >= 0.3 is 17.9 Å². The number of nitrogens with zero attached hydrogens (tertiary/aromatic N) is 3. The van der Waals surface area contributed by atoms with Gasteiger partial charge in [-0.05, 0) is 55.4 Å². The number of aromatic amines is 1. The van der Waals surface area contributed by atoms with Crippen molar-refractivity contribution in [1.82, 2.24) is 57.5 Å². The van der Waals surface area contributed by atoms with Gasteiger partial charge in [0.1, 0.15) is 32.6 Å². The van der Waals surface area contributed by atoms with Crippen LogP contribution in [0.2, 0.25) is 5.31 Å². The third-order valence-corrected chi connectivity index (χ3v) is 10.4. The number of H-pyrrole nitrogens is 1. The molecule has 4 atom stereocenters. The zero-order valence-electron chi connectivity index (χ0n) is 36.2. The highest BCUT2D eigenvalue weighted by Gasteiger charge is 2.34. The number of aromatic nitrogens is 4. The van der Waals surface area contributed by atoms with Gasteiger partial charge in [0.05, 0.1) is 25.2 Å². The quantitative estimate of drug-likeness (QED) is 0.0116. The maximum atomic E-state index is 12.6. The van der Waals surface area contributed by atoms with Crippen molar-refractivity contribution in [2.24, 2.45) is 0 Å². The number of hydrazine groups is 1. The summed E-state index contributed by atoms with van der Waals surface area (Å²) in [5.41, 5.74) is 4.82. The third-order valence-electron chi connectivity index (χ3n) is 8.98. The number of carboxylic acids is 3. The average molecular weight is 981 g/mol. The Hall–Kier alpha value is -4.44. The number of carbonyl (C=O) groups excluding carboxylic acids is 5. The number of ether oxygens (including phenoxy) is 2. The molecule has 0 saturated carbocycles. The Bertz CT molecular complexity index is 1600.